The average Bonchev–Trinajstić information content (AvgIpc) is 1.83. The van der Waals surface area contributed by atoms with Gasteiger partial charge in [-0.2, -0.15) is 0 Å². The highest BCUT2D eigenvalue weighted by atomic mass is 32.2. The molecule has 0 bridgehead atoms. The Labute approximate surface area is 74.0 Å². The van der Waals surface area contributed by atoms with Crippen LogP contribution in [0.5, 0.6) is 0 Å². The Bertz CT molecular complexity index is 211. The summed E-state index contributed by atoms with van der Waals surface area (Å²) in [5, 5.41) is 8.61. The van der Waals surface area contributed by atoms with E-state index in [0.717, 1.165) is 0 Å². The van der Waals surface area contributed by atoms with E-state index in [1.165, 1.54) is 0 Å². The highest BCUT2D eigenvalue weighted by Crippen LogP contribution is 1.98. The van der Waals surface area contributed by atoms with Crippen LogP contribution in [-0.4, -0.2) is 31.9 Å². The number of nitrogens with one attached hydrogen (secondary N) is 1. The molecule has 2 N–H and O–H groups in total. The third-order valence-corrected chi connectivity index (χ3v) is 3.07. The molecule has 0 amide bonds. The van der Waals surface area contributed by atoms with Gasteiger partial charge in [-0.25, -0.2) is 13.1 Å². The van der Waals surface area contributed by atoms with Gasteiger partial charge in [-0.05, 0) is 12.8 Å². The summed E-state index contributed by atoms with van der Waals surface area (Å²) in [6.45, 7) is 5.13. The fourth-order valence-electron chi connectivity index (χ4n) is 0.831. The minimum Gasteiger partial charge on any atom is -0.395 e. The number of hydrogen-bond donors (Lipinski definition) is 2. The fourth-order valence-corrected chi connectivity index (χ4v) is 2.49. The molecule has 0 aromatic carbocycles. The standard InChI is InChI=1S/C7H17NO3S/c1-6(2)5-12(10,11)8-7(3)4-9/h6-9H,4-5H2,1-3H3/t7-/m0/s1. The Kier molecular flexibility index (Phi) is 4.74. The van der Waals surface area contributed by atoms with Crippen LogP contribution in [0.4, 0.5) is 0 Å². The number of hydrogen-bond acceptors (Lipinski definition) is 3. The number of aliphatic hydroxyl groups excluding tert-OH is 1. The summed E-state index contributed by atoms with van der Waals surface area (Å²) in [5.41, 5.74) is 0. The monoisotopic (exact) mass is 195 g/mol. The largest absolute Gasteiger partial charge is 0.395 e. The van der Waals surface area contributed by atoms with E-state index in [4.69, 9.17) is 5.11 Å². The maximum atomic E-state index is 11.2. The molecular formula is C7H17NO3S. The van der Waals surface area contributed by atoms with E-state index >= 15 is 0 Å². The van der Waals surface area contributed by atoms with Crippen molar-refractivity contribution in [3.63, 3.8) is 0 Å². The van der Waals surface area contributed by atoms with Crippen LogP contribution in [0.25, 0.3) is 0 Å². The second-order valence-electron chi connectivity index (χ2n) is 3.38. The van der Waals surface area contributed by atoms with Gasteiger partial charge in [-0.3, -0.25) is 0 Å². The Morgan fingerprint density at radius 3 is 2.17 bits per heavy atom. The highest BCUT2D eigenvalue weighted by Gasteiger charge is 2.14. The van der Waals surface area contributed by atoms with Crippen molar-refractivity contribution in [1.82, 2.24) is 4.72 Å². The molecule has 0 saturated heterocycles. The maximum absolute atomic E-state index is 11.2. The topological polar surface area (TPSA) is 66.4 Å². The Morgan fingerprint density at radius 1 is 1.33 bits per heavy atom. The Morgan fingerprint density at radius 2 is 1.83 bits per heavy atom. The van der Waals surface area contributed by atoms with Crippen LogP contribution < -0.4 is 4.72 Å². The van der Waals surface area contributed by atoms with Crippen molar-refractivity contribution in [3.05, 3.63) is 0 Å². The van der Waals surface area contributed by atoms with Crippen LogP contribution in [0.2, 0.25) is 0 Å². The Balaban J connectivity index is 4.05. The summed E-state index contributed by atoms with van der Waals surface area (Å²) in [7, 11) is -3.20. The summed E-state index contributed by atoms with van der Waals surface area (Å²) in [5.74, 6) is 0.213. The highest BCUT2D eigenvalue weighted by molar-refractivity contribution is 7.89. The first-order valence-corrected chi connectivity index (χ1v) is 5.63. The molecule has 0 aliphatic carbocycles. The summed E-state index contributed by atoms with van der Waals surface area (Å²) in [6.07, 6.45) is 0. The molecule has 1 atom stereocenters. The molecule has 0 aromatic heterocycles. The summed E-state index contributed by atoms with van der Waals surface area (Å²) < 4.78 is 24.7. The molecule has 0 rings (SSSR count). The molecule has 0 unspecified atom stereocenters. The third-order valence-electron chi connectivity index (χ3n) is 1.21. The summed E-state index contributed by atoms with van der Waals surface area (Å²) in [6, 6.07) is -0.395. The minimum absolute atomic E-state index is 0.105. The van der Waals surface area contributed by atoms with Crippen molar-refractivity contribution in [2.45, 2.75) is 26.8 Å². The Hall–Kier alpha value is -0.130. The molecule has 74 valence electrons. The summed E-state index contributed by atoms with van der Waals surface area (Å²) in [4.78, 5) is 0. The molecule has 0 radical (unpaired) electrons. The van der Waals surface area contributed by atoms with Gasteiger partial charge in [0.25, 0.3) is 0 Å². The molecule has 0 fully saturated rings. The van der Waals surface area contributed by atoms with Crippen molar-refractivity contribution in [1.29, 1.82) is 0 Å². The van der Waals surface area contributed by atoms with E-state index in [0.29, 0.717) is 0 Å². The van der Waals surface area contributed by atoms with Crippen LogP contribution in [0.3, 0.4) is 0 Å². The van der Waals surface area contributed by atoms with Crippen LogP contribution in [0, 0.1) is 5.92 Å². The zero-order valence-corrected chi connectivity index (χ0v) is 8.56. The first-order valence-electron chi connectivity index (χ1n) is 3.98. The van der Waals surface area contributed by atoms with Crippen molar-refractivity contribution >= 4 is 10.0 Å². The van der Waals surface area contributed by atoms with Crippen LogP contribution in [-0.2, 0) is 10.0 Å². The second-order valence-corrected chi connectivity index (χ2v) is 5.18. The van der Waals surface area contributed by atoms with E-state index in [1.54, 1.807) is 6.92 Å². The van der Waals surface area contributed by atoms with Gasteiger partial charge >= 0.3 is 0 Å². The average molecular weight is 195 g/mol. The molecule has 0 heterocycles. The van der Waals surface area contributed by atoms with E-state index < -0.39 is 16.1 Å². The van der Waals surface area contributed by atoms with Gasteiger partial charge < -0.3 is 5.11 Å². The molecular weight excluding hydrogens is 178 g/mol. The predicted octanol–water partition coefficient (Wildman–Crippen LogP) is -0.0574. The lowest BCUT2D eigenvalue weighted by Gasteiger charge is -2.12. The molecule has 0 saturated carbocycles. The van der Waals surface area contributed by atoms with Crippen molar-refractivity contribution in [2.75, 3.05) is 12.4 Å². The van der Waals surface area contributed by atoms with Crippen molar-refractivity contribution in [3.8, 4) is 0 Å². The van der Waals surface area contributed by atoms with Gasteiger partial charge in [-0.15, -0.1) is 0 Å². The van der Waals surface area contributed by atoms with Gasteiger partial charge in [0, 0.05) is 6.04 Å². The third kappa shape index (κ3) is 5.51. The van der Waals surface area contributed by atoms with Gasteiger partial charge in [0.2, 0.25) is 10.0 Å². The van der Waals surface area contributed by atoms with E-state index in [-0.39, 0.29) is 18.3 Å². The molecule has 0 spiro atoms. The maximum Gasteiger partial charge on any atom is 0.212 e. The SMILES string of the molecule is CC(C)CS(=O)(=O)N[C@@H](C)CO. The number of rotatable bonds is 5. The molecule has 0 aromatic rings. The molecule has 12 heavy (non-hydrogen) atoms. The molecule has 4 nitrogen and oxygen atoms in total. The fraction of sp³-hybridized carbons (Fsp3) is 1.00. The van der Waals surface area contributed by atoms with Crippen LogP contribution in [0.1, 0.15) is 20.8 Å². The normalized spacial score (nSPS) is 15.1. The first-order chi connectivity index (χ1) is 5.37. The lowest BCUT2D eigenvalue weighted by molar-refractivity contribution is 0.265. The lowest BCUT2D eigenvalue weighted by Crippen LogP contribution is -2.37. The second kappa shape index (κ2) is 4.79. The summed E-state index contributed by atoms with van der Waals surface area (Å²) >= 11 is 0. The number of aliphatic hydroxyl groups is 1. The van der Waals surface area contributed by atoms with Gasteiger partial charge in [0.1, 0.15) is 0 Å². The quantitative estimate of drug-likeness (QED) is 0.646. The number of sulfonamides is 1. The van der Waals surface area contributed by atoms with E-state index in [2.05, 4.69) is 4.72 Å². The van der Waals surface area contributed by atoms with Crippen LogP contribution >= 0.6 is 0 Å². The predicted molar refractivity (Wildman–Crippen MR) is 48.3 cm³/mol. The molecule has 0 aliphatic rings. The molecule has 0 aliphatic heterocycles. The van der Waals surface area contributed by atoms with Crippen LogP contribution in [0.15, 0.2) is 0 Å². The zero-order chi connectivity index (χ0) is 9.78. The van der Waals surface area contributed by atoms with E-state index in [1.807, 2.05) is 13.8 Å². The van der Waals surface area contributed by atoms with Crippen molar-refractivity contribution in [2.24, 2.45) is 5.92 Å². The minimum atomic E-state index is -3.20. The van der Waals surface area contributed by atoms with Gasteiger partial charge in [0.05, 0.1) is 12.4 Å². The van der Waals surface area contributed by atoms with E-state index in [9.17, 15) is 8.42 Å². The lowest BCUT2D eigenvalue weighted by atomic mass is 10.3. The first kappa shape index (κ1) is 11.9. The van der Waals surface area contributed by atoms with Gasteiger partial charge in [0.15, 0.2) is 0 Å². The van der Waals surface area contributed by atoms with Gasteiger partial charge in [-0.1, -0.05) is 13.8 Å². The molecule has 5 heteroatoms. The zero-order valence-electron chi connectivity index (χ0n) is 7.74. The smallest absolute Gasteiger partial charge is 0.212 e. The van der Waals surface area contributed by atoms with Crippen molar-refractivity contribution < 1.29 is 13.5 Å².